The van der Waals surface area contributed by atoms with Gasteiger partial charge in [0.25, 0.3) is 0 Å². The molecule has 21 heavy (non-hydrogen) atoms. The quantitative estimate of drug-likeness (QED) is 0.845. The molecule has 122 valence electrons. The summed E-state index contributed by atoms with van der Waals surface area (Å²) in [6.45, 7) is 8.55. The summed E-state index contributed by atoms with van der Waals surface area (Å²) in [6, 6.07) is 0.660. The van der Waals surface area contributed by atoms with Gasteiger partial charge in [0, 0.05) is 51.2 Å². The SMILES string of the molecule is CN1CCN(CCN2CCCC2C2CCCCC2O)CC1. The van der Waals surface area contributed by atoms with Crippen LogP contribution in [-0.4, -0.2) is 84.8 Å². The lowest BCUT2D eigenvalue weighted by molar-refractivity contribution is 0.0188. The molecule has 0 aromatic heterocycles. The standard InChI is InChI=1S/C17H33N3O/c1-18-9-11-19(12-10-18)13-14-20-8-4-6-16(20)15-5-2-3-7-17(15)21/h15-17,21H,2-14H2,1H3. The molecule has 2 aliphatic heterocycles. The maximum absolute atomic E-state index is 10.4. The Morgan fingerprint density at radius 1 is 0.857 bits per heavy atom. The highest BCUT2D eigenvalue weighted by atomic mass is 16.3. The van der Waals surface area contributed by atoms with E-state index in [0.717, 1.165) is 6.42 Å². The topological polar surface area (TPSA) is 30.0 Å². The third-order valence-corrected chi connectivity index (χ3v) is 5.99. The van der Waals surface area contributed by atoms with Crippen molar-refractivity contribution in [2.45, 2.75) is 50.7 Å². The fourth-order valence-electron chi connectivity index (χ4n) is 4.54. The Balaban J connectivity index is 1.47. The molecule has 3 atom stereocenters. The van der Waals surface area contributed by atoms with Crippen LogP contribution in [0, 0.1) is 5.92 Å². The Morgan fingerprint density at radius 2 is 1.62 bits per heavy atom. The summed E-state index contributed by atoms with van der Waals surface area (Å²) < 4.78 is 0. The second kappa shape index (κ2) is 7.40. The summed E-state index contributed by atoms with van der Waals surface area (Å²) in [5.41, 5.74) is 0. The van der Waals surface area contributed by atoms with Gasteiger partial charge in [-0.05, 0) is 39.3 Å². The molecule has 4 nitrogen and oxygen atoms in total. The molecule has 2 saturated heterocycles. The molecule has 0 aromatic carbocycles. The van der Waals surface area contributed by atoms with Crippen LogP contribution in [-0.2, 0) is 0 Å². The predicted octanol–water partition coefficient (Wildman–Crippen LogP) is 1.25. The molecule has 0 bridgehead atoms. The van der Waals surface area contributed by atoms with Crippen LogP contribution < -0.4 is 0 Å². The number of aliphatic hydroxyl groups excluding tert-OH is 1. The molecule has 3 rings (SSSR count). The highest BCUT2D eigenvalue weighted by Gasteiger charge is 2.36. The van der Waals surface area contributed by atoms with Gasteiger partial charge in [0.15, 0.2) is 0 Å². The maximum atomic E-state index is 10.4. The summed E-state index contributed by atoms with van der Waals surface area (Å²) in [7, 11) is 2.22. The van der Waals surface area contributed by atoms with E-state index in [1.54, 1.807) is 0 Å². The van der Waals surface area contributed by atoms with Gasteiger partial charge < -0.3 is 10.0 Å². The first-order chi connectivity index (χ1) is 10.2. The number of likely N-dealkylation sites (N-methyl/N-ethyl adjacent to an activating group) is 1. The monoisotopic (exact) mass is 295 g/mol. The summed E-state index contributed by atoms with van der Waals surface area (Å²) in [5, 5.41) is 10.4. The van der Waals surface area contributed by atoms with Crippen molar-refractivity contribution >= 4 is 0 Å². The lowest BCUT2D eigenvalue weighted by atomic mass is 9.80. The largest absolute Gasteiger partial charge is 0.393 e. The molecular weight excluding hydrogens is 262 g/mol. The second-order valence-corrected chi connectivity index (χ2v) is 7.41. The average molecular weight is 295 g/mol. The van der Waals surface area contributed by atoms with Crippen molar-refractivity contribution in [3.63, 3.8) is 0 Å². The summed E-state index contributed by atoms with van der Waals surface area (Å²) >= 11 is 0. The first-order valence-electron chi connectivity index (χ1n) is 9.07. The highest BCUT2D eigenvalue weighted by Crippen LogP contribution is 2.34. The van der Waals surface area contributed by atoms with Crippen LogP contribution in [0.25, 0.3) is 0 Å². The molecular formula is C17H33N3O. The summed E-state index contributed by atoms with van der Waals surface area (Å²) in [6.07, 6.45) is 7.44. The average Bonchev–Trinajstić information content (AvgIpc) is 2.95. The number of nitrogens with zero attached hydrogens (tertiary/aromatic N) is 3. The van der Waals surface area contributed by atoms with E-state index in [9.17, 15) is 5.11 Å². The smallest absolute Gasteiger partial charge is 0.0583 e. The number of aliphatic hydroxyl groups is 1. The Morgan fingerprint density at radius 3 is 2.38 bits per heavy atom. The van der Waals surface area contributed by atoms with E-state index in [2.05, 4.69) is 21.7 Å². The van der Waals surface area contributed by atoms with Crippen molar-refractivity contribution in [2.75, 3.05) is 52.9 Å². The highest BCUT2D eigenvalue weighted by molar-refractivity contribution is 4.90. The fraction of sp³-hybridized carbons (Fsp3) is 1.00. The molecule has 3 fully saturated rings. The van der Waals surface area contributed by atoms with Gasteiger partial charge in [-0.15, -0.1) is 0 Å². The number of rotatable bonds is 4. The van der Waals surface area contributed by atoms with Gasteiger partial charge in [0.05, 0.1) is 6.10 Å². The van der Waals surface area contributed by atoms with Gasteiger partial charge >= 0.3 is 0 Å². The predicted molar refractivity (Wildman–Crippen MR) is 86.5 cm³/mol. The number of piperazine rings is 1. The van der Waals surface area contributed by atoms with Crippen LogP contribution >= 0.6 is 0 Å². The number of hydrogen-bond acceptors (Lipinski definition) is 4. The van der Waals surface area contributed by atoms with Crippen LogP contribution in [0.4, 0.5) is 0 Å². The summed E-state index contributed by atoms with van der Waals surface area (Å²) in [5.74, 6) is 0.550. The van der Waals surface area contributed by atoms with Crippen LogP contribution in [0.2, 0.25) is 0 Å². The zero-order chi connectivity index (χ0) is 14.7. The molecule has 0 amide bonds. The van der Waals surface area contributed by atoms with E-state index in [1.807, 2.05) is 0 Å². The van der Waals surface area contributed by atoms with Crippen LogP contribution in [0.15, 0.2) is 0 Å². The van der Waals surface area contributed by atoms with Gasteiger partial charge in [0.2, 0.25) is 0 Å². The Hall–Kier alpha value is -0.160. The van der Waals surface area contributed by atoms with Crippen molar-refractivity contribution in [3.8, 4) is 0 Å². The molecule has 4 heteroatoms. The molecule has 0 aromatic rings. The van der Waals surface area contributed by atoms with E-state index in [4.69, 9.17) is 0 Å². The molecule has 2 heterocycles. The second-order valence-electron chi connectivity index (χ2n) is 7.41. The van der Waals surface area contributed by atoms with E-state index in [1.165, 1.54) is 77.9 Å². The molecule has 1 N–H and O–H groups in total. The third-order valence-electron chi connectivity index (χ3n) is 5.99. The Bertz CT molecular complexity index is 317. The molecule has 1 aliphatic carbocycles. The molecule has 1 saturated carbocycles. The van der Waals surface area contributed by atoms with Crippen molar-refractivity contribution < 1.29 is 5.11 Å². The first kappa shape index (κ1) is 15.7. The van der Waals surface area contributed by atoms with Gasteiger partial charge in [-0.2, -0.15) is 0 Å². The van der Waals surface area contributed by atoms with Crippen LogP contribution in [0.1, 0.15) is 38.5 Å². The molecule has 0 spiro atoms. The van der Waals surface area contributed by atoms with Crippen molar-refractivity contribution in [2.24, 2.45) is 5.92 Å². The maximum Gasteiger partial charge on any atom is 0.0583 e. The van der Waals surface area contributed by atoms with Crippen LogP contribution in [0.3, 0.4) is 0 Å². The van der Waals surface area contributed by atoms with Crippen molar-refractivity contribution in [1.29, 1.82) is 0 Å². The normalized spacial score (nSPS) is 37.1. The minimum Gasteiger partial charge on any atom is -0.393 e. The number of likely N-dealkylation sites (tertiary alicyclic amines) is 1. The van der Waals surface area contributed by atoms with Gasteiger partial charge in [-0.25, -0.2) is 0 Å². The van der Waals surface area contributed by atoms with Gasteiger partial charge in [0.1, 0.15) is 0 Å². The summed E-state index contributed by atoms with van der Waals surface area (Å²) in [4.78, 5) is 7.73. The molecule has 0 radical (unpaired) electrons. The minimum absolute atomic E-state index is 0.0343. The Kier molecular flexibility index (Phi) is 5.54. The molecule has 3 unspecified atom stereocenters. The lowest BCUT2D eigenvalue weighted by Crippen LogP contribution is -2.49. The lowest BCUT2D eigenvalue weighted by Gasteiger charge is -2.39. The Labute approximate surface area is 130 Å². The third kappa shape index (κ3) is 3.98. The van der Waals surface area contributed by atoms with Gasteiger partial charge in [-0.1, -0.05) is 12.8 Å². The zero-order valence-electron chi connectivity index (χ0n) is 13.7. The molecule has 3 aliphatic rings. The van der Waals surface area contributed by atoms with E-state index in [0.29, 0.717) is 12.0 Å². The van der Waals surface area contributed by atoms with Crippen molar-refractivity contribution in [3.05, 3.63) is 0 Å². The van der Waals surface area contributed by atoms with E-state index in [-0.39, 0.29) is 6.10 Å². The zero-order valence-corrected chi connectivity index (χ0v) is 13.7. The van der Waals surface area contributed by atoms with E-state index < -0.39 is 0 Å². The van der Waals surface area contributed by atoms with Crippen LogP contribution in [0.5, 0.6) is 0 Å². The number of hydrogen-bond donors (Lipinski definition) is 1. The minimum atomic E-state index is -0.0343. The fourth-order valence-corrected chi connectivity index (χ4v) is 4.54. The van der Waals surface area contributed by atoms with Gasteiger partial charge in [-0.3, -0.25) is 9.80 Å². The van der Waals surface area contributed by atoms with Crippen molar-refractivity contribution in [1.82, 2.24) is 14.7 Å². The first-order valence-corrected chi connectivity index (χ1v) is 9.07. The van der Waals surface area contributed by atoms with E-state index >= 15 is 0 Å².